The molecule has 1 aromatic rings. The fourth-order valence-corrected chi connectivity index (χ4v) is 3.55. The zero-order valence-corrected chi connectivity index (χ0v) is 12.8. The first-order valence-corrected chi connectivity index (χ1v) is 7.58. The molecule has 3 nitrogen and oxygen atoms in total. The molecular formula is C17H24N2O. The number of benzene rings is 1. The number of fused-ring (bicyclic) bond motifs is 1. The van der Waals surface area contributed by atoms with Gasteiger partial charge in [0.2, 0.25) is 0 Å². The fourth-order valence-electron chi connectivity index (χ4n) is 3.55. The zero-order chi connectivity index (χ0) is 14.2. The molecule has 3 rings (SSSR count). The van der Waals surface area contributed by atoms with Crippen molar-refractivity contribution < 1.29 is 4.74 Å². The van der Waals surface area contributed by atoms with Gasteiger partial charge in [0.15, 0.2) is 0 Å². The average molecular weight is 272 g/mol. The first kappa shape index (κ1) is 13.5. The summed E-state index contributed by atoms with van der Waals surface area (Å²) >= 11 is 0. The van der Waals surface area contributed by atoms with Crippen LogP contribution in [-0.2, 0) is 18.3 Å². The van der Waals surface area contributed by atoms with E-state index >= 15 is 0 Å². The molecule has 1 N–H and O–H groups in total. The maximum Gasteiger partial charge on any atom is 0.122 e. The molecule has 0 fully saturated rings. The van der Waals surface area contributed by atoms with Crippen LogP contribution in [0.4, 0.5) is 0 Å². The SMILES string of the molecule is COc1ccc2c(c1CC1=NCCN1)CCCC2(C)C. The molecule has 1 aromatic carbocycles. The summed E-state index contributed by atoms with van der Waals surface area (Å²) in [7, 11) is 1.77. The average Bonchev–Trinajstić information content (AvgIpc) is 2.92. The third-order valence-corrected chi connectivity index (χ3v) is 4.65. The minimum atomic E-state index is 0.277. The maximum absolute atomic E-state index is 5.61. The lowest BCUT2D eigenvalue weighted by molar-refractivity contribution is 0.401. The minimum absolute atomic E-state index is 0.277. The molecule has 0 unspecified atom stereocenters. The molecule has 0 saturated carbocycles. The molecule has 0 amide bonds. The molecule has 0 bridgehead atoms. The second-order valence-corrected chi connectivity index (χ2v) is 6.44. The van der Waals surface area contributed by atoms with Gasteiger partial charge in [-0.1, -0.05) is 19.9 Å². The van der Waals surface area contributed by atoms with Gasteiger partial charge in [-0.3, -0.25) is 4.99 Å². The quantitative estimate of drug-likeness (QED) is 0.918. The van der Waals surface area contributed by atoms with Crippen molar-refractivity contribution in [3.8, 4) is 5.75 Å². The Morgan fingerprint density at radius 1 is 1.35 bits per heavy atom. The Balaban J connectivity index is 2.05. The molecule has 0 saturated heterocycles. The highest BCUT2D eigenvalue weighted by atomic mass is 16.5. The summed E-state index contributed by atoms with van der Waals surface area (Å²) in [4.78, 5) is 4.54. The number of methoxy groups -OCH3 is 1. The first-order chi connectivity index (χ1) is 9.62. The Morgan fingerprint density at radius 2 is 2.20 bits per heavy atom. The van der Waals surface area contributed by atoms with Crippen LogP contribution in [0.25, 0.3) is 0 Å². The number of hydrogen-bond acceptors (Lipinski definition) is 3. The predicted molar refractivity (Wildman–Crippen MR) is 83.0 cm³/mol. The Labute approximate surface area is 121 Å². The van der Waals surface area contributed by atoms with E-state index in [4.69, 9.17) is 4.74 Å². The molecule has 1 heterocycles. The third-order valence-electron chi connectivity index (χ3n) is 4.65. The lowest BCUT2D eigenvalue weighted by Crippen LogP contribution is -2.27. The summed E-state index contributed by atoms with van der Waals surface area (Å²) in [5.74, 6) is 2.12. The molecule has 1 aliphatic carbocycles. The van der Waals surface area contributed by atoms with Gasteiger partial charge in [0.05, 0.1) is 13.7 Å². The van der Waals surface area contributed by atoms with E-state index in [1.54, 1.807) is 7.11 Å². The van der Waals surface area contributed by atoms with Gasteiger partial charge in [-0.15, -0.1) is 0 Å². The standard InChI is InChI=1S/C17H24N2O/c1-17(2)8-4-5-12-13(11-16-18-9-10-19-16)15(20-3)7-6-14(12)17/h6-7H,4-5,8-11H2,1-3H3,(H,18,19). The largest absolute Gasteiger partial charge is 0.496 e. The van der Waals surface area contributed by atoms with Crippen molar-refractivity contribution in [3.63, 3.8) is 0 Å². The van der Waals surface area contributed by atoms with Gasteiger partial charge in [-0.25, -0.2) is 0 Å². The van der Waals surface area contributed by atoms with Crippen molar-refractivity contribution in [3.05, 3.63) is 28.8 Å². The summed E-state index contributed by atoms with van der Waals surface area (Å²) in [5.41, 5.74) is 4.61. The van der Waals surface area contributed by atoms with Crippen LogP contribution in [0.5, 0.6) is 5.75 Å². The van der Waals surface area contributed by atoms with E-state index in [1.807, 2.05) is 0 Å². The second-order valence-electron chi connectivity index (χ2n) is 6.44. The number of nitrogens with zero attached hydrogens (tertiary/aromatic N) is 1. The Morgan fingerprint density at radius 3 is 2.90 bits per heavy atom. The van der Waals surface area contributed by atoms with Crippen molar-refractivity contribution >= 4 is 5.84 Å². The number of hydrogen-bond donors (Lipinski definition) is 1. The molecule has 3 heteroatoms. The van der Waals surface area contributed by atoms with Gasteiger partial charge in [-0.2, -0.15) is 0 Å². The van der Waals surface area contributed by atoms with Gasteiger partial charge < -0.3 is 10.1 Å². The molecule has 0 aromatic heterocycles. The van der Waals surface area contributed by atoms with Gasteiger partial charge >= 0.3 is 0 Å². The van der Waals surface area contributed by atoms with Crippen LogP contribution in [0.15, 0.2) is 17.1 Å². The highest BCUT2D eigenvalue weighted by Crippen LogP contribution is 2.41. The topological polar surface area (TPSA) is 33.6 Å². The fraction of sp³-hybridized carbons (Fsp3) is 0.588. The van der Waals surface area contributed by atoms with Crippen LogP contribution < -0.4 is 10.1 Å². The van der Waals surface area contributed by atoms with Crippen molar-refractivity contribution in [1.82, 2.24) is 5.32 Å². The predicted octanol–water partition coefficient (Wildman–Crippen LogP) is 2.85. The maximum atomic E-state index is 5.61. The minimum Gasteiger partial charge on any atom is -0.496 e. The lowest BCUT2D eigenvalue weighted by atomic mass is 9.71. The van der Waals surface area contributed by atoms with Crippen molar-refractivity contribution in [2.75, 3.05) is 20.2 Å². The summed E-state index contributed by atoms with van der Waals surface area (Å²) in [6, 6.07) is 4.40. The smallest absolute Gasteiger partial charge is 0.122 e. The second kappa shape index (κ2) is 5.12. The van der Waals surface area contributed by atoms with Crippen LogP contribution in [0, 0.1) is 0 Å². The highest BCUT2D eigenvalue weighted by molar-refractivity contribution is 5.86. The zero-order valence-electron chi connectivity index (χ0n) is 12.8. The molecule has 1 aliphatic heterocycles. The van der Waals surface area contributed by atoms with Crippen molar-refractivity contribution in [2.45, 2.75) is 44.9 Å². The van der Waals surface area contributed by atoms with E-state index in [9.17, 15) is 0 Å². The number of aliphatic imine (C=N–C) groups is 1. The van der Waals surface area contributed by atoms with Crippen molar-refractivity contribution in [1.29, 1.82) is 0 Å². The van der Waals surface area contributed by atoms with E-state index in [2.05, 4.69) is 36.3 Å². The Hall–Kier alpha value is -1.51. The van der Waals surface area contributed by atoms with E-state index in [-0.39, 0.29) is 5.41 Å². The van der Waals surface area contributed by atoms with Crippen LogP contribution in [0.1, 0.15) is 43.4 Å². The molecule has 20 heavy (non-hydrogen) atoms. The van der Waals surface area contributed by atoms with E-state index in [0.717, 1.165) is 31.1 Å². The highest BCUT2D eigenvalue weighted by Gasteiger charge is 2.30. The molecule has 0 atom stereocenters. The van der Waals surface area contributed by atoms with Gasteiger partial charge in [0.25, 0.3) is 0 Å². The molecule has 2 aliphatic rings. The van der Waals surface area contributed by atoms with Crippen LogP contribution >= 0.6 is 0 Å². The van der Waals surface area contributed by atoms with Crippen LogP contribution in [0.3, 0.4) is 0 Å². The summed E-state index contributed by atoms with van der Waals surface area (Å²) in [5, 5.41) is 3.38. The van der Waals surface area contributed by atoms with E-state index in [0.29, 0.717) is 0 Å². The Kier molecular flexibility index (Phi) is 3.45. The van der Waals surface area contributed by atoms with Gasteiger partial charge in [0.1, 0.15) is 11.6 Å². The first-order valence-electron chi connectivity index (χ1n) is 7.58. The number of nitrogens with one attached hydrogen (secondary N) is 1. The summed E-state index contributed by atoms with van der Waals surface area (Å²) in [6.07, 6.45) is 4.58. The molecule has 0 spiro atoms. The lowest BCUT2D eigenvalue weighted by Gasteiger charge is -2.34. The number of ether oxygens (including phenoxy) is 1. The molecule has 0 radical (unpaired) electrons. The third kappa shape index (κ3) is 2.30. The Bertz CT molecular complexity index is 546. The van der Waals surface area contributed by atoms with E-state index in [1.165, 1.54) is 36.0 Å². The summed E-state index contributed by atoms with van der Waals surface area (Å²) in [6.45, 7) is 6.58. The molecule has 108 valence electrons. The normalized spacial score (nSPS) is 20.1. The molecular weight excluding hydrogens is 248 g/mol. The number of amidine groups is 1. The monoisotopic (exact) mass is 272 g/mol. The summed E-state index contributed by atoms with van der Waals surface area (Å²) < 4.78 is 5.61. The van der Waals surface area contributed by atoms with Gasteiger partial charge in [-0.05, 0) is 41.9 Å². The van der Waals surface area contributed by atoms with Crippen LogP contribution in [0.2, 0.25) is 0 Å². The van der Waals surface area contributed by atoms with Crippen LogP contribution in [-0.4, -0.2) is 26.0 Å². The van der Waals surface area contributed by atoms with Crippen molar-refractivity contribution in [2.24, 2.45) is 4.99 Å². The number of rotatable bonds is 3. The van der Waals surface area contributed by atoms with E-state index < -0.39 is 0 Å². The van der Waals surface area contributed by atoms with Gasteiger partial charge in [0, 0.05) is 18.5 Å².